The first kappa shape index (κ1) is 11.4. The zero-order chi connectivity index (χ0) is 12.5. The van der Waals surface area contributed by atoms with Crippen LogP contribution in [0.2, 0.25) is 0 Å². The Morgan fingerprint density at radius 1 is 1.35 bits per heavy atom. The molecule has 0 aliphatic carbocycles. The number of fused-ring (bicyclic) bond motifs is 1. The third kappa shape index (κ3) is 1.93. The standard InChI is InChI=1S/C10H8N4O2S/c1-7-4-5-9(17(15,16)14-13-11)8-3-2-6-12-10(7)8/h2-6H,1H3. The summed E-state index contributed by atoms with van der Waals surface area (Å²) in [5.74, 6) is 0. The third-order valence-electron chi connectivity index (χ3n) is 2.35. The minimum Gasteiger partial charge on any atom is -0.256 e. The van der Waals surface area contributed by atoms with Gasteiger partial charge in [-0.2, -0.15) is 0 Å². The Balaban J connectivity index is 2.90. The zero-order valence-electron chi connectivity index (χ0n) is 8.90. The van der Waals surface area contributed by atoms with Crippen LogP contribution in [0.1, 0.15) is 5.56 Å². The second-order valence-corrected chi connectivity index (χ2v) is 4.98. The Bertz CT molecular complexity index is 733. The molecule has 0 aliphatic rings. The van der Waals surface area contributed by atoms with E-state index in [0.29, 0.717) is 10.9 Å². The number of azide groups is 1. The second kappa shape index (κ2) is 4.04. The summed E-state index contributed by atoms with van der Waals surface area (Å²) in [6, 6.07) is 6.32. The molecule has 0 N–H and O–H groups in total. The van der Waals surface area contributed by atoms with Crippen LogP contribution in [0.15, 0.2) is 39.9 Å². The van der Waals surface area contributed by atoms with Crippen LogP contribution in [-0.4, -0.2) is 13.4 Å². The Labute approximate surface area is 97.6 Å². The lowest BCUT2D eigenvalue weighted by molar-refractivity contribution is 0.598. The van der Waals surface area contributed by atoms with Gasteiger partial charge in [0.2, 0.25) is 0 Å². The predicted molar refractivity (Wildman–Crippen MR) is 62.8 cm³/mol. The van der Waals surface area contributed by atoms with E-state index < -0.39 is 10.0 Å². The van der Waals surface area contributed by atoms with Gasteiger partial charge in [-0.05, 0) is 36.2 Å². The molecule has 2 aromatic rings. The van der Waals surface area contributed by atoms with E-state index in [9.17, 15) is 8.42 Å². The summed E-state index contributed by atoms with van der Waals surface area (Å²) in [4.78, 5) is 6.42. The number of aryl methyl sites for hydroxylation is 1. The maximum absolute atomic E-state index is 11.7. The maximum atomic E-state index is 11.7. The van der Waals surface area contributed by atoms with Crippen LogP contribution in [0.4, 0.5) is 0 Å². The fourth-order valence-electron chi connectivity index (χ4n) is 1.60. The lowest BCUT2D eigenvalue weighted by Crippen LogP contribution is -1.98. The SMILES string of the molecule is Cc1ccc(S(=O)(=O)N=[N+]=[N-])c2cccnc12. The summed E-state index contributed by atoms with van der Waals surface area (Å²) in [7, 11) is -3.99. The molecule has 0 unspecified atom stereocenters. The van der Waals surface area contributed by atoms with E-state index in [1.54, 1.807) is 24.4 Å². The Kier molecular flexibility index (Phi) is 2.71. The summed E-state index contributed by atoms with van der Waals surface area (Å²) >= 11 is 0. The van der Waals surface area contributed by atoms with Crippen molar-refractivity contribution in [1.29, 1.82) is 0 Å². The average Bonchev–Trinajstić information content (AvgIpc) is 2.29. The van der Waals surface area contributed by atoms with Crippen LogP contribution in [0, 0.1) is 6.92 Å². The second-order valence-electron chi connectivity index (χ2n) is 3.43. The van der Waals surface area contributed by atoms with Crippen LogP contribution in [0.3, 0.4) is 0 Å². The van der Waals surface area contributed by atoms with Gasteiger partial charge in [-0.15, -0.1) is 0 Å². The topological polar surface area (TPSA) is 95.8 Å². The highest BCUT2D eigenvalue weighted by molar-refractivity contribution is 7.90. The first-order chi connectivity index (χ1) is 8.06. The van der Waals surface area contributed by atoms with E-state index >= 15 is 0 Å². The molecule has 7 heteroatoms. The van der Waals surface area contributed by atoms with E-state index in [-0.39, 0.29) is 4.90 Å². The summed E-state index contributed by atoms with van der Waals surface area (Å²) in [5, 5.41) is 0.458. The van der Waals surface area contributed by atoms with Crippen molar-refractivity contribution in [3.63, 3.8) is 0 Å². The van der Waals surface area contributed by atoms with Gasteiger partial charge in [-0.1, -0.05) is 6.07 Å². The van der Waals surface area contributed by atoms with Crippen molar-refractivity contribution in [1.82, 2.24) is 4.98 Å². The van der Waals surface area contributed by atoms with Gasteiger partial charge in [0.1, 0.15) is 0 Å². The molecule has 1 aromatic carbocycles. The van der Waals surface area contributed by atoms with Crippen LogP contribution in [0.5, 0.6) is 0 Å². The first-order valence-electron chi connectivity index (χ1n) is 4.72. The third-order valence-corrected chi connectivity index (χ3v) is 3.55. The van der Waals surface area contributed by atoms with Gasteiger partial charge in [-0.25, -0.2) is 8.42 Å². The van der Waals surface area contributed by atoms with Gasteiger partial charge in [-0.3, -0.25) is 4.98 Å². The minimum absolute atomic E-state index is 0.0241. The number of hydrogen-bond donors (Lipinski definition) is 0. The van der Waals surface area contributed by atoms with Crippen molar-refractivity contribution >= 4 is 20.9 Å². The van der Waals surface area contributed by atoms with Crippen molar-refractivity contribution in [3.8, 4) is 0 Å². The normalized spacial score (nSPS) is 11.1. The summed E-state index contributed by atoms with van der Waals surface area (Å²) in [6.07, 6.45) is 1.58. The molecule has 0 radical (unpaired) electrons. The van der Waals surface area contributed by atoms with Gasteiger partial charge < -0.3 is 0 Å². The minimum atomic E-state index is -3.99. The van der Waals surface area contributed by atoms with Crippen molar-refractivity contribution in [2.45, 2.75) is 11.8 Å². The molecule has 0 aliphatic heterocycles. The Hall–Kier alpha value is -2.11. The van der Waals surface area contributed by atoms with Crippen molar-refractivity contribution < 1.29 is 8.42 Å². The highest BCUT2D eigenvalue weighted by Crippen LogP contribution is 2.25. The van der Waals surface area contributed by atoms with Crippen molar-refractivity contribution in [3.05, 3.63) is 46.5 Å². The molecule has 0 bridgehead atoms. The molecule has 0 saturated carbocycles. The molecule has 0 amide bonds. The molecule has 0 atom stereocenters. The smallest absolute Gasteiger partial charge is 0.256 e. The van der Waals surface area contributed by atoms with Gasteiger partial charge in [0, 0.05) is 21.0 Å². The Morgan fingerprint density at radius 3 is 2.82 bits per heavy atom. The van der Waals surface area contributed by atoms with Crippen molar-refractivity contribution in [2.75, 3.05) is 0 Å². The molecule has 0 spiro atoms. The number of benzene rings is 1. The summed E-state index contributed by atoms with van der Waals surface area (Å²) in [5.41, 5.74) is 9.70. The molecular formula is C10H8N4O2S. The van der Waals surface area contributed by atoms with E-state index in [4.69, 9.17) is 5.53 Å². The number of aromatic nitrogens is 1. The number of hydrogen-bond acceptors (Lipinski definition) is 3. The lowest BCUT2D eigenvalue weighted by atomic mass is 10.1. The van der Waals surface area contributed by atoms with E-state index in [2.05, 4.69) is 14.4 Å². The fraction of sp³-hybridized carbons (Fsp3) is 0.100. The van der Waals surface area contributed by atoms with Crippen LogP contribution < -0.4 is 0 Å². The number of sulfonamides is 1. The van der Waals surface area contributed by atoms with Gasteiger partial charge in [0.25, 0.3) is 10.0 Å². The maximum Gasteiger partial charge on any atom is 0.265 e. The molecule has 1 heterocycles. The summed E-state index contributed by atoms with van der Waals surface area (Å²) in [6.45, 7) is 1.83. The van der Waals surface area contributed by atoms with Gasteiger partial charge in [0.05, 0.1) is 10.4 Å². The first-order valence-corrected chi connectivity index (χ1v) is 6.16. The highest BCUT2D eigenvalue weighted by atomic mass is 32.2. The van der Waals surface area contributed by atoms with Crippen LogP contribution >= 0.6 is 0 Å². The zero-order valence-corrected chi connectivity index (χ0v) is 9.72. The number of rotatable bonds is 2. The molecule has 0 saturated heterocycles. The molecule has 0 fully saturated rings. The predicted octanol–water partition coefficient (Wildman–Crippen LogP) is 2.54. The fourth-order valence-corrected chi connectivity index (χ4v) is 2.47. The monoisotopic (exact) mass is 248 g/mol. The van der Waals surface area contributed by atoms with Crippen LogP contribution in [0.25, 0.3) is 21.3 Å². The molecule has 6 nitrogen and oxygen atoms in total. The number of nitrogens with zero attached hydrogens (tertiary/aromatic N) is 4. The number of pyridine rings is 1. The van der Waals surface area contributed by atoms with Gasteiger partial charge in [0.15, 0.2) is 0 Å². The van der Waals surface area contributed by atoms with Crippen LogP contribution in [-0.2, 0) is 10.0 Å². The molecule has 17 heavy (non-hydrogen) atoms. The highest BCUT2D eigenvalue weighted by Gasteiger charge is 2.16. The van der Waals surface area contributed by atoms with Gasteiger partial charge >= 0.3 is 0 Å². The van der Waals surface area contributed by atoms with Crippen molar-refractivity contribution in [2.24, 2.45) is 4.52 Å². The molecule has 1 aromatic heterocycles. The largest absolute Gasteiger partial charge is 0.265 e. The lowest BCUT2D eigenvalue weighted by Gasteiger charge is -2.05. The molecular weight excluding hydrogens is 240 g/mol. The molecule has 2 rings (SSSR count). The van der Waals surface area contributed by atoms with E-state index in [1.165, 1.54) is 6.07 Å². The summed E-state index contributed by atoms with van der Waals surface area (Å²) < 4.78 is 26.3. The average molecular weight is 248 g/mol. The Morgan fingerprint density at radius 2 is 2.12 bits per heavy atom. The van der Waals surface area contributed by atoms with E-state index in [0.717, 1.165) is 5.56 Å². The van der Waals surface area contributed by atoms with E-state index in [1.807, 2.05) is 6.92 Å². The molecule has 86 valence electrons. The quantitative estimate of drug-likeness (QED) is 0.464.